The molecule has 1 aromatic heterocycles. The van der Waals surface area contributed by atoms with Crippen molar-refractivity contribution in [2.24, 2.45) is 0 Å². The molecule has 7 nitrogen and oxygen atoms in total. The lowest BCUT2D eigenvalue weighted by molar-refractivity contribution is -0.143. The fraction of sp³-hybridized carbons (Fsp3) is 0.440. The number of nitrogens with zero attached hydrogens (tertiary/aromatic N) is 2. The number of esters is 1. The topological polar surface area (TPSA) is 85.8 Å². The Balaban J connectivity index is 1.43. The van der Waals surface area contributed by atoms with Crippen LogP contribution in [0.4, 0.5) is 4.79 Å². The quantitative estimate of drug-likeness (QED) is 0.430. The number of hydrogen-bond acceptors (Lipinski definition) is 7. The van der Waals surface area contributed by atoms with Crippen molar-refractivity contribution >= 4 is 28.9 Å². The lowest BCUT2D eigenvalue weighted by Crippen LogP contribution is -2.33. The number of imide groups is 1. The highest BCUT2D eigenvalue weighted by Crippen LogP contribution is 2.30. The Morgan fingerprint density at radius 2 is 1.85 bits per heavy atom. The molecule has 2 amide bonds. The summed E-state index contributed by atoms with van der Waals surface area (Å²) in [6.07, 6.45) is 4.68. The third-order valence-electron chi connectivity index (χ3n) is 5.34. The van der Waals surface area contributed by atoms with E-state index in [1.54, 1.807) is 6.92 Å². The molecule has 2 heterocycles. The van der Waals surface area contributed by atoms with Gasteiger partial charge in [-0.1, -0.05) is 36.9 Å². The van der Waals surface area contributed by atoms with Crippen LogP contribution in [0.15, 0.2) is 42.6 Å². The van der Waals surface area contributed by atoms with Crippen LogP contribution in [0.5, 0.6) is 5.75 Å². The van der Waals surface area contributed by atoms with Crippen LogP contribution in [0.25, 0.3) is 0 Å². The highest BCUT2D eigenvalue weighted by atomic mass is 32.2. The van der Waals surface area contributed by atoms with E-state index in [2.05, 4.69) is 18.0 Å². The monoisotopic (exact) mass is 470 g/mol. The molecule has 1 aliphatic rings. The van der Waals surface area contributed by atoms with Crippen LogP contribution in [0.3, 0.4) is 0 Å². The summed E-state index contributed by atoms with van der Waals surface area (Å²) in [7, 11) is 0. The minimum absolute atomic E-state index is 0.196. The molecule has 1 unspecified atom stereocenters. The maximum absolute atomic E-state index is 12.6. The zero-order valence-electron chi connectivity index (χ0n) is 19.1. The van der Waals surface area contributed by atoms with Gasteiger partial charge in [-0.3, -0.25) is 24.3 Å². The smallest absolute Gasteiger partial charge is 0.305 e. The number of carbonyl (C=O) groups excluding carboxylic acids is 3. The molecule has 0 aliphatic carbocycles. The Bertz CT molecular complexity index is 946. The van der Waals surface area contributed by atoms with E-state index in [1.165, 1.54) is 10.5 Å². The summed E-state index contributed by atoms with van der Waals surface area (Å²) in [5.74, 6) is 0.246. The fourth-order valence-corrected chi connectivity index (χ4v) is 4.52. The molecule has 8 heteroatoms. The van der Waals surface area contributed by atoms with E-state index in [0.717, 1.165) is 41.6 Å². The van der Waals surface area contributed by atoms with Gasteiger partial charge in [-0.25, -0.2) is 0 Å². The van der Waals surface area contributed by atoms with Gasteiger partial charge in [0, 0.05) is 31.3 Å². The number of benzene rings is 1. The summed E-state index contributed by atoms with van der Waals surface area (Å²) < 4.78 is 10.7. The summed E-state index contributed by atoms with van der Waals surface area (Å²) in [5, 5.41) is -0.696. The van der Waals surface area contributed by atoms with Gasteiger partial charge in [0.05, 0.1) is 18.5 Å². The van der Waals surface area contributed by atoms with E-state index in [4.69, 9.17) is 9.47 Å². The van der Waals surface area contributed by atoms with Crippen molar-refractivity contribution in [2.45, 2.75) is 51.2 Å². The van der Waals surface area contributed by atoms with Crippen LogP contribution in [-0.4, -0.2) is 52.0 Å². The molecule has 176 valence electrons. The van der Waals surface area contributed by atoms with E-state index < -0.39 is 5.25 Å². The first-order valence-corrected chi connectivity index (χ1v) is 12.2. The number of amides is 2. The molecule has 33 heavy (non-hydrogen) atoms. The molecule has 1 fully saturated rings. The summed E-state index contributed by atoms with van der Waals surface area (Å²) in [4.78, 5) is 42.0. The zero-order valence-corrected chi connectivity index (χ0v) is 19.9. The minimum atomic E-state index is -0.441. The third-order valence-corrected chi connectivity index (χ3v) is 6.41. The Hall–Kier alpha value is -2.87. The molecular weight excluding hydrogens is 440 g/mol. The van der Waals surface area contributed by atoms with Crippen LogP contribution >= 0.6 is 11.8 Å². The average Bonchev–Trinajstić information content (AvgIpc) is 3.08. The number of pyridine rings is 1. The Labute approximate surface area is 198 Å². The van der Waals surface area contributed by atoms with Crippen molar-refractivity contribution < 1.29 is 23.9 Å². The van der Waals surface area contributed by atoms with Crippen molar-refractivity contribution in [3.05, 3.63) is 59.4 Å². The molecule has 0 radical (unpaired) electrons. The van der Waals surface area contributed by atoms with E-state index in [-0.39, 0.29) is 30.1 Å². The predicted molar refractivity (Wildman–Crippen MR) is 127 cm³/mol. The molecule has 1 aliphatic heterocycles. The van der Waals surface area contributed by atoms with Gasteiger partial charge in [-0.05, 0) is 55.5 Å². The highest BCUT2D eigenvalue weighted by Gasteiger charge is 2.39. The van der Waals surface area contributed by atoms with Gasteiger partial charge < -0.3 is 9.47 Å². The molecular formula is C25H30N2O5S. The first kappa shape index (κ1) is 24.8. The van der Waals surface area contributed by atoms with Crippen LogP contribution in [0.1, 0.15) is 43.5 Å². The van der Waals surface area contributed by atoms with E-state index in [1.807, 2.05) is 36.5 Å². The molecule has 0 spiro atoms. The Morgan fingerprint density at radius 3 is 2.52 bits per heavy atom. The number of carbonyl (C=O) groups is 3. The fourth-order valence-electron chi connectivity index (χ4n) is 3.47. The first-order valence-electron chi connectivity index (χ1n) is 11.3. The van der Waals surface area contributed by atoms with E-state index in [0.29, 0.717) is 26.1 Å². The molecule has 3 rings (SSSR count). The van der Waals surface area contributed by atoms with Crippen molar-refractivity contribution in [2.75, 3.05) is 19.8 Å². The summed E-state index contributed by atoms with van der Waals surface area (Å²) in [5.41, 5.74) is 3.18. The van der Waals surface area contributed by atoms with Gasteiger partial charge >= 0.3 is 5.97 Å². The third kappa shape index (κ3) is 7.32. The Morgan fingerprint density at radius 1 is 1.09 bits per heavy atom. The van der Waals surface area contributed by atoms with Crippen molar-refractivity contribution in [1.29, 1.82) is 0 Å². The molecule has 1 aromatic carbocycles. The minimum Gasteiger partial charge on any atom is -0.493 e. The number of rotatable bonds is 12. The second kappa shape index (κ2) is 12.4. The number of hydrogen-bond donors (Lipinski definition) is 0. The SMILES string of the molecule is CCOC(=O)CCCN1C(=O)SC(Cc2ccc(OCCc3ccc(CC)cn3)cc2)C1=O. The Kier molecular flexibility index (Phi) is 9.30. The maximum Gasteiger partial charge on any atom is 0.305 e. The van der Waals surface area contributed by atoms with Gasteiger partial charge in [-0.15, -0.1) is 0 Å². The number of aryl methyl sites for hydroxylation is 1. The van der Waals surface area contributed by atoms with E-state index >= 15 is 0 Å². The predicted octanol–water partition coefficient (Wildman–Crippen LogP) is 4.22. The summed E-state index contributed by atoms with van der Waals surface area (Å²) in [6.45, 7) is 4.95. The molecule has 2 aromatic rings. The van der Waals surface area contributed by atoms with Crippen molar-refractivity contribution in [3.8, 4) is 5.75 Å². The van der Waals surface area contributed by atoms with Crippen LogP contribution in [0, 0.1) is 0 Å². The van der Waals surface area contributed by atoms with Gasteiger partial charge in [0.25, 0.3) is 5.24 Å². The van der Waals surface area contributed by atoms with Gasteiger partial charge in [0.2, 0.25) is 5.91 Å². The lowest BCUT2D eigenvalue weighted by atomic mass is 10.1. The lowest BCUT2D eigenvalue weighted by Gasteiger charge is -2.13. The average molecular weight is 471 g/mol. The highest BCUT2D eigenvalue weighted by molar-refractivity contribution is 8.15. The number of ether oxygens (including phenoxy) is 2. The molecule has 1 saturated heterocycles. The van der Waals surface area contributed by atoms with Crippen LogP contribution in [-0.2, 0) is 33.6 Å². The maximum atomic E-state index is 12.6. The summed E-state index contributed by atoms with van der Waals surface area (Å²) >= 11 is 1.05. The van der Waals surface area contributed by atoms with Gasteiger partial charge in [0.15, 0.2) is 0 Å². The summed E-state index contributed by atoms with van der Waals surface area (Å²) in [6, 6.07) is 11.7. The van der Waals surface area contributed by atoms with Gasteiger partial charge in [0.1, 0.15) is 5.75 Å². The molecule has 0 N–H and O–H groups in total. The van der Waals surface area contributed by atoms with E-state index in [9.17, 15) is 14.4 Å². The number of thioether (sulfide) groups is 1. The second-order valence-corrected chi connectivity index (χ2v) is 8.88. The second-order valence-electron chi connectivity index (χ2n) is 7.73. The van der Waals surface area contributed by atoms with Crippen molar-refractivity contribution in [3.63, 3.8) is 0 Å². The standard InChI is InChI=1S/C25H30N2O5S/c1-3-18-7-10-20(26-17-18)13-15-32-21-11-8-19(9-12-21)16-22-24(29)27(25(30)33-22)14-5-6-23(28)31-4-2/h7-12,17,22H,3-6,13-16H2,1-2H3. The normalized spacial score (nSPS) is 15.7. The molecule has 1 atom stereocenters. The van der Waals surface area contributed by atoms with Crippen LogP contribution in [0.2, 0.25) is 0 Å². The largest absolute Gasteiger partial charge is 0.493 e. The van der Waals surface area contributed by atoms with Crippen molar-refractivity contribution in [1.82, 2.24) is 9.88 Å². The zero-order chi connectivity index (χ0) is 23.6. The number of aromatic nitrogens is 1. The van der Waals surface area contributed by atoms with Gasteiger partial charge in [-0.2, -0.15) is 0 Å². The van der Waals surface area contributed by atoms with Crippen LogP contribution < -0.4 is 4.74 Å². The molecule has 0 bridgehead atoms. The first-order chi connectivity index (χ1) is 16.0. The molecule has 0 saturated carbocycles.